The van der Waals surface area contributed by atoms with Crippen LogP contribution in [-0.4, -0.2) is 22.2 Å². The van der Waals surface area contributed by atoms with E-state index in [4.69, 9.17) is 11.6 Å². The van der Waals surface area contributed by atoms with Gasteiger partial charge in [-0.1, -0.05) is 11.6 Å². The van der Waals surface area contributed by atoms with Crippen LogP contribution in [0.4, 0.5) is 0 Å². The van der Waals surface area contributed by atoms with E-state index in [2.05, 4.69) is 10.4 Å². The summed E-state index contributed by atoms with van der Waals surface area (Å²) >= 11 is 6.11. The Morgan fingerprint density at radius 3 is 2.87 bits per heavy atom. The molecule has 0 radical (unpaired) electrons. The summed E-state index contributed by atoms with van der Waals surface area (Å²) in [6, 6.07) is 0. The zero-order chi connectivity index (χ0) is 11.0. The van der Waals surface area contributed by atoms with Gasteiger partial charge >= 0.3 is 0 Å². The second-order valence-corrected chi connectivity index (χ2v) is 4.32. The Morgan fingerprint density at radius 1 is 1.67 bits per heavy atom. The van der Waals surface area contributed by atoms with Crippen LogP contribution in [0.3, 0.4) is 0 Å². The predicted molar refractivity (Wildman–Crippen MR) is 57.8 cm³/mol. The van der Waals surface area contributed by atoms with E-state index in [1.807, 2.05) is 14.0 Å². The van der Waals surface area contributed by atoms with E-state index in [9.17, 15) is 4.79 Å². The molecule has 1 unspecified atom stereocenters. The van der Waals surface area contributed by atoms with Gasteiger partial charge in [0, 0.05) is 25.1 Å². The van der Waals surface area contributed by atoms with Gasteiger partial charge in [0.2, 0.25) is 5.91 Å². The molecule has 1 N–H and O–H groups in total. The van der Waals surface area contributed by atoms with Gasteiger partial charge in [0.25, 0.3) is 0 Å². The normalized spacial score (nSPS) is 20.7. The fourth-order valence-corrected chi connectivity index (χ4v) is 2.24. The van der Waals surface area contributed by atoms with Gasteiger partial charge in [0.1, 0.15) is 5.15 Å². The van der Waals surface area contributed by atoms with Crippen molar-refractivity contribution in [1.29, 1.82) is 0 Å². The quantitative estimate of drug-likeness (QED) is 0.822. The van der Waals surface area contributed by atoms with Gasteiger partial charge in [-0.2, -0.15) is 5.10 Å². The minimum Gasteiger partial charge on any atom is -0.356 e. The zero-order valence-corrected chi connectivity index (χ0v) is 9.64. The fourth-order valence-electron chi connectivity index (χ4n) is 1.99. The molecule has 1 amide bonds. The molecule has 1 aromatic heterocycles. The first-order chi connectivity index (χ1) is 7.09. The molecule has 15 heavy (non-hydrogen) atoms. The molecule has 1 saturated heterocycles. The average Bonchev–Trinajstić information content (AvgIpc) is 2.67. The second kappa shape index (κ2) is 3.85. The van der Waals surface area contributed by atoms with Gasteiger partial charge < -0.3 is 5.32 Å². The highest BCUT2D eigenvalue weighted by atomic mass is 35.5. The lowest BCUT2D eigenvalue weighted by Gasteiger charge is -2.05. The number of aryl methyl sites for hydroxylation is 2. The predicted octanol–water partition coefficient (Wildman–Crippen LogP) is 1.06. The summed E-state index contributed by atoms with van der Waals surface area (Å²) in [6.45, 7) is 2.70. The van der Waals surface area contributed by atoms with E-state index in [0.717, 1.165) is 24.2 Å². The lowest BCUT2D eigenvalue weighted by Crippen LogP contribution is -2.20. The van der Waals surface area contributed by atoms with Crippen molar-refractivity contribution in [3.05, 3.63) is 16.4 Å². The number of aromatic nitrogens is 2. The van der Waals surface area contributed by atoms with Crippen LogP contribution in [0.1, 0.15) is 17.7 Å². The molecule has 1 atom stereocenters. The third-order valence-electron chi connectivity index (χ3n) is 2.88. The van der Waals surface area contributed by atoms with E-state index >= 15 is 0 Å². The highest BCUT2D eigenvalue weighted by Gasteiger charge is 2.26. The number of hydrogen-bond donors (Lipinski definition) is 1. The highest BCUT2D eigenvalue weighted by Crippen LogP contribution is 2.24. The van der Waals surface area contributed by atoms with Crippen LogP contribution in [0.2, 0.25) is 5.15 Å². The molecule has 2 heterocycles. The van der Waals surface area contributed by atoms with E-state index in [1.165, 1.54) is 0 Å². The smallest absolute Gasteiger partial charge is 0.223 e. The van der Waals surface area contributed by atoms with Gasteiger partial charge in [0.15, 0.2) is 0 Å². The summed E-state index contributed by atoms with van der Waals surface area (Å²) < 4.78 is 1.65. The van der Waals surface area contributed by atoms with Crippen molar-refractivity contribution in [2.24, 2.45) is 13.0 Å². The van der Waals surface area contributed by atoms with Gasteiger partial charge in [-0.05, 0) is 19.8 Å². The summed E-state index contributed by atoms with van der Waals surface area (Å²) in [4.78, 5) is 11.4. The van der Waals surface area contributed by atoms with Gasteiger partial charge in [-0.3, -0.25) is 9.48 Å². The van der Waals surface area contributed by atoms with Gasteiger partial charge in [-0.25, -0.2) is 0 Å². The molecule has 1 fully saturated rings. The van der Waals surface area contributed by atoms with Crippen molar-refractivity contribution in [1.82, 2.24) is 15.1 Å². The first-order valence-corrected chi connectivity index (χ1v) is 5.43. The number of rotatable bonds is 2. The molecular formula is C10H14ClN3O. The summed E-state index contributed by atoms with van der Waals surface area (Å²) in [7, 11) is 1.81. The van der Waals surface area contributed by atoms with E-state index in [0.29, 0.717) is 11.6 Å². The SMILES string of the molecule is Cc1nn(C)c(Cl)c1CC1CCNC1=O. The summed E-state index contributed by atoms with van der Waals surface area (Å²) in [6.07, 6.45) is 1.59. The Kier molecular flexibility index (Phi) is 2.69. The van der Waals surface area contributed by atoms with Gasteiger partial charge in [-0.15, -0.1) is 0 Å². The summed E-state index contributed by atoms with van der Waals surface area (Å²) in [5.74, 6) is 0.194. The monoisotopic (exact) mass is 227 g/mol. The highest BCUT2D eigenvalue weighted by molar-refractivity contribution is 6.30. The molecule has 0 bridgehead atoms. The van der Waals surface area contributed by atoms with Crippen molar-refractivity contribution >= 4 is 17.5 Å². The van der Waals surface area contributed by atoms with Crippen molar-refractivity contribution < 1.29 is 4.79 Å². The topological polar surface area (TPSA) is 46.9 Å². The molecule has 4 nitrogen and oxygen atoms in total. The van der Waals surface area contributed by atoms with Crippen LogP contribution in [0.5, 0.6) is 0 Å². The van der Waals surface area contributed by atoms with Crippen LogP contribution >= 0.6 is 11.6 Å². The molecule has 1 aliphatic heterocycles. The molecule has 2 rings (SSSR count). The molecule has 5 heteroatoms. The minimum absolute atomic E-state index is 0.0606. The minimum atomic E-state index is 0.0606. The second-order valence-electron chi connectivity index (χ2n) is 3.96. The number of hydrogen-bond acceptors (Lipinski definition) is 2. The zero-order valence-electron chi connectivity index (χ0n) is 8.88. The van der Waals surface area contributed by atoms with Crippen LogP contribution in [-0.2, 0) is 18.3 Å². The summed E-state index contributed by atoms with van der Waals surface area (Å²) in [5.41, 5.74) is 1.92. The van der Waals surface area contributed by atoms with E-state index in [-0.39, 0.29) is 11.8 Å². The Bertz CT molecular complexity index is 400. The number of amides is 1. The van der Waals surface area contributed by atoms with E-state index < -0.39 is 0 Å². The van der Waals surface area contributed by atoms with Crippen molar-refractivity contribution in [3.63, 3.8) is 0 Å². The largest absolute Gasteiger partial charge is 0.356 e. The Morgan fingerprint density at radius 2 is 2.40 bits per heavy atom. The lowest BCUT2D eigenvalue weighted by atomic mass is 9.99. The summed E-state index contributed by atoms with van der Waals surface area (Å²) in [5, 5.41) is 7.70. The average molecular weight is 228 g/mol. The molecule has 1 aromatic rings. The lowest BCUT2D eigenvalue weighted by molar-refractivity contribution is -0.122. The number of halogens is 1. The molecule has 0 spiro atoms. The molecule has 1 aliphatic rings. The number of carbonyl (C=O) groups is 1. The third-order valence-corrected chi connectivity index (χ3v) is 3.36. The molecular weight excluding hydrogens is 214 g/mol. The molecule has 82 valence electrons. The standard InChI is InChI=1S/C10H14ClN3O/c1-6-8(9(11)14(2)13-6)5-7-3-4-12-10(7)15/h7H,3-5H2,1-2H3,(H,12,15). The fraction of sp³-hybridized carbons (Fsp3) is 0.600. The number of carbonyl (C=O) groups excluding carboxylic acids is 1. The maximum atomic E-state index is 11.4. The first-order valence-electron chi connectivity index (χ1n) is 5.05. The maximum Gasteiger partial charge on any atom is 0.223 e. The maximum absolute atomic E-state index is 11.4. The molecule has 0 saturated carbocycles. The third kappa shape index (κ3) is 1.86. The van der Waals surface area contributed by atoms with Gasteiger partial charge in [0.05, 0.1) is 5.69 Å². The van der Waals surface area contributed by atoms with Crippen molar-refractivity contribution in [2.75, 3.05) is 6.54 Å². The van der Waals surface area contributed by atoms with Crippen LogP contribution < -0.4 is 5.32 Å². The number of nitrogens with one attached hydrogen (secondary N) is 1. The van der Waals surface area contributed by atoms with Crippen molar-refractivity contribution in [2.45, 2.75) is 19.8 Å². The molecule has 0 aliphatic carbocycles. The first kappa shape index (κ1) is 10.5. The van der Waals surface area contributed by atoms with Crippen molar-refractivity contribution in [3.8, 4) is 0 Å². The Balaban J connectivity index is 2.20. The van der Waals surface area contributed by atoms with Crippen LogP contribution in [0.15, 0.2) is 0 Å². The Hall–Kier alpha value is -1.03. The van der Waals surface area contributed by atoms with Crippen LogP contribution in [0.25, 0.3) is 0 Å². The van der Waals surface area contributed by atoms with Crippen LogP contribution in [0, 0.1) is 12.8 Å². The number of nitrogens with zero attached hydrogens (tertiary/aromatic N) is 2. The molecule has 0 aromatic carbocycles. The van der Waals surface area contributed by atoms with E-state index in [1.54, 1.807) is 4.68 Å². The Labute approximate surface area is 93.6 Å².